The maximum absolute atomic E-state index is 13.0. The van der Waals surface area contributed by atoms with Crippen molar-refractivity contribution in [1.82, 2.24) is 4.31 Å². The van der Waals surface area contributed by atoms with Gasteiger partial charge in [-0.15, -0.1) is 0 Å². The normalized spacial score (nSPS) is 11.5. The average molecular weight is 445 g/mol. The van der Waals surface area contributed by atoms with Crippen LogP contribution >= 0.6 is 23.2 Å². The summed E-state index contributed by atoms with van der Waals surface area (Å²) in [5.74, 6) is -0.268. The van der Waals surface area contributed by atoms with Crippen molar-refractivity contribution in [3.8, 4) is 5.75 Å². The number of carbonyl (C=O) groups is 1. The highest BCUT2D eigenvalue weighted by molar-refractivity contribution is 7.89. The van der Waals surface area contributed by atoms with Crippen molar-refractivity contribution in [2.45, 2.75) is 25.7 Å². The van der Waals surface area contributed by atoms with E-state index in [4.69, 9.17) is 27.9 Å². The largest absolute Gasteiger partial charge is 0.492 e. The fourth-order valence-corrected chi connectivity index (χ4v) is 4.64. The molecule has 9 heteroatoms. The maximum Gasteiger partial charge on any atom is 0.257 e. The molecule has 0 saturated carbocycles. The number of ether oxygens (including phenoxy) is 1. The lowest BCUT2D eigenvalue weighted by Crippen LogP contribution is -2.31. The first-order chi connectivity index (χ1) is 13.3. The predicted molar refractivity (Wildman–Crippen MR) is 112 cm³/mol. The van der Waals surface area contributed by atoms with Gasteiger partial charge < -0.3 is 10.1 Å². The predicted octanol–water partition coefficient (Wildman–Crippen LogP) is 4.67. The van der Waals surface area contributed by atoms with Crippen molar-refractivity contribution in [2.24, 2.45) is 0 Å². The van der Waals surface area contributed by atoms with Crippen LogP contribution in [-0.4, -0.2) is 38.3 Å². The van der Waals surface area contributed by atoms with E-state index in [1.54, 1.807) is 39.0 Å². The Hall–Kier alpha value is -1.80. The molecular formula is C19H22Cl2N2O4S. The number of sulfonamides is 1. The van der Waals surface area contributed by atoms with Crippen molar-refractivity contribution in [3.05, 3.63) is 52.0 Å². The third-order valence-corrected chi connectivity index (χ3v) is 6.91. The Labute approximate surface area is 175 Å². The molecule has 6 nitrogen and oxygen atoms in total. The molecule has 0 fully saturated rings. The van der Waals surface area contributed by atoms with Crippen molar-refractivity contribution in [3.63, 3.8) is 0 Å². The number of nitrogens with one attached hydrogen (secondary N) is 1. The zero-order valence-electron chi connectivity index (χ0n) is 15.8. The van der Waals surface area contributed by atoms with Gasteiger partial charge in [0.05, 0.1) is 22.2 Å². The second-order valence-corrected chi connectivity index (χ2v) is 8.43. The molecular weight excluding hydrogens is 423 g/mol. The number of benzene rings is 2. The Balaban J connectivity index is 2.44. The minimum absolute atomic E-state index is 0.00644. The molecule has 2 rings (SSSR count). The maximum atomic E-state index is 13.0. The van der Waals surface area contributed by atoms with E-state index in [0.29, 0.717) is 25.4 Å². The van der Waals surface area contributed by atoms with E-state index in [2.05, 4.69) is 5.32 Å². The summed E-state index contributed by atoms with van der Waals surface area (Å²) in [5, 5.41) is 3.05. The standard InChI is InChI=1S/C19H22Cl2N2O4S/c1-4-23(5-2)28(25,26)17-12-13(10-11-16(17)27-6-3)22-19(24)14-8-7-9-15(20)18(14)21/h7-12H,4-6H2,1-3H3,(H,22,24). The first-order valence-electron chi connectivity index (χ1n) is 8.78. The van der Waals surface area contributed by atoms with Gasteiger partial charge in [-0.05, 0) is 37.3 Å². The molecule has 0 aliphatic carbocycles. The topological polar surface area (TPSA) is 75.7 Å². The second-order valence-electron chi connectivity index (χ2n) is 5.74. The van der Waals surface area contributed by atoms with Gasteiger partial charge in [-0.3, -0.25) is 4.79 Å². The van der Waals surface area contributed by atoms with Crippen molar-refractivity contribution < 1.29 is 17.9 Å². The van der Waals surface area contributed by atoms with E-state index in [-0.39, 0.29) is 26.3 Å². The van der Waals surface area contributed by atoms with Crippen LogP contribution in [0.25, 0.3) is 0 Å². The molecule has 0 heterocycles. The third-order valence-electron chi connectivity index (χ3n) is 4.02. The van der Waals surface area contributed by atoms with Gasteiger partial charge >= 0.3 is 0 Å². The number of nitrogens with zero attached hydrogens (tertiary/aromatic N) is 1. The summed E-state index contributed by atoms with van der Waals surface area (Å²) >= 11 is 12.0. The highest BCUT2D eigenvalue weighted by Gasteiger charge is 2.26. The fourth-order valence-electron chi connectivity index (χ4n) is 2.64. The molecule has 152 valence electrons. The van der Waals surface area contributed by atoms with Crippen LogP contribution < -0.4 is 10.1 Å². The first-order valence-corrected chi connectivity index (χ1v) is 11.0. The lowest BCUT2D eigenvalue weighted by molar-refractivity contribution is 0.102. The van der Waals surface area contributed by atoms with Crippen molar-refractivity contribution in [1.29, 1.82) is 0 Å². The molecule has 0 aliphatic rings. The number of halogens is 2. The Bertz CT molecular complexity index is 960. The third kappa shape index (κ3) is 4.78. The Morgan fingerprint density at radius 1 is 1.11 bits per heavy atom. The molecule has 0 atom stereocenters. The molecule has 0 radical (unpaired) electrons. The van der Waals surface area contributed by atoms with Gasteiger partial charge in [0.25, 0.3) is 5.91 Å². The lowest BCUT2D eigenvalue weighted by Gasteiger charge is -2.21. The van der Waals surface area contributed by atoms with Crippen LogP contribution in [0.2, 0.25) is 10.0 Å². The zero-order valence-corrected chi connectivity index (χ0v) is 18.2. The highest BCUT2D eigenvalue weighted by atomic mass is 35.5. The van der Waals surface area contributed by atoms with E-state index < -0.39 is 15.9 Å². The number of rotatable bonds is 8. The molecule has 0 bridgehead atoms. The van der Waals surface area contributed by atoms with Crippen LogP contribution in [0.5, 0.6) is 5.75 Å². The van der Waals surface area contributed by atoms with E-state index >= 15 is 0 Å². The summed E-state index contributed by atoms with van der Waals surface area (Å²) in [6.45, 7) is 6.23. The SMILES string of the molecule is CCOc1ccc(NC(=O)c2cccc(Cl)c2Cl)cc1S(=O)(=O)N(CC)CC. The van der Waals surface area contributed by atoms with E-state index in [0.717, 1.165) is 0 Å². The molecule has 0 unspecified atom stereocenters. The molecule has 1 amide bonds. The average Bonchev–Trinajstić information content (AvgIpc) is 2.66. The van der Waals surface area contributed by atoms with E-state index in [9.17, 15) is 13.2 Å². The summed E-state index contributed by atoms with van der Waals surface area (Å²) < 4.78 is 32.8. The Kier molecular flexibility index (Phi) is 7.71. The van der Waals surface area contributed by atoms with Gasteiger partial charge in [-0.2, -0.15) is 4.31 Å². The van der Waals surface area contributed by atoms with Gasteiger partial charge in [0.2, 0.25) is 10.0 Å². The zero-order chi connectivity index (χ0) is 20.9. The Morgan fingerprint density at radius 2 is 1.79 bits per heavy atom. The molecule has 0 spiro atoms. The highest BCUT2D eigenvalue weighted by Crippen LogP contribution is 2.31. The van der Waals surface area contributed by atoms with E-state index in [1.165, 1.54) is 22.5 Å². The summed E-state index contributed by atoms with van der Waals surface area (Å²) in [7, 11) is -3.78. The van der Waals surface area contributed by atoms with Crippen LogP contribution in [0.3, 0.4) is 0 Å². The summed E-state index contributed by atoms with van der Waals surface area (Å²) in [6.07, 6.45) is 0. The first kappa shape index (κ1) is 22.5. The van der Waals surface area contributed by atoms with Crippen LogP contribution in [0, 0.1) is 0 Å². The van der Waals surface area contributed by atoms with Gasteiger partial charge in [0.1, 0.15) is 10.6 Å². The smallest absolute Gasteiger partial charge is 0.257 e. The summed E-state index contributed by atoms with van der Waals surface area (Å²) in [4.78, 5) is 12.6. The molecule has 2 aromatic rings. The minimum Gasteiger partial charge on any atom is -0.492 e. The Morgan fingerprint density at radius 3 is 2.39 bits per heavy atom. The van der Waals surface area contributed by atoms with Crippen LogP contribution in [0.4, 0.5) is 5.69 Å². The summed E-state index contributed by atoms with van der Waals surface area (Å²) in [6, 6.07) is 9.20. The van der Waals surface area contributed by atoms with Gasteiger partial charge in [0.15, 0.2) is 0 Å². The number of carbonyl (C=O) groups excluding carboxylic acids is 1. The quantitative estimate of drug-likeness (QED) is 0.641. The molecule has 1 N–H and O–H groups in total. The van der Waals surface area contributed by atoms with E-state index in [1.807, 2.05) is 0 Å². The molecule has 2 aromatic carbocycles. The van der Waals surface area contributed by atoms with Crippen LogP contribution in [0.15, 0.2) is 41.3 Å². The molecule has 28 heavy (non-hydrogen) atoms. The van der Waals surface area contributed by atoms with Crippen LogP contribution in [-0.2, 0) is 10.0 Å². The molecule has 0 aromatic heterocycles. The molecule has 0 saturated heterocycles. The number of hydrogen-bond donors (Lipinski definition) is 1. The van der Waals surface area contributed by atoms with Gasteiger partial charge in [0, 0.05) is 18.8 Å². The fraction of sp³-hybridized carbons (Fsp3) is 0.316. The second kappa shape index (κ2) is 9.60. The van der Waals surface area contributed by atoms with Crippen molar-refractivity contribution in [2.75, 3.05) is 25.0 Å². The van der Waals surface area contributed by atoms with Gasteiger partial charge in [-0.25, -0.2) is 8.42 Å². The monoisotopic (exact) mass is 444 g/mol. The number of hydrogen-bond acceptors (Lipinski definition) is 4. The van der Waals surface area contributed by atoms with Crippen LogP contribution in [0.1, 0.15) is 31.1 Å². The number of amides is 1. The summed E-state index contributed by atoms with van der Waals surface area (Å²) in [5.41, 5.74) is 0.492. The molecule has 0 aliphatic heterocycles. The lowest BCUT2D eigenvalue weighted by atomic mass is 10.2. The number of anilines is 1. The minimum atomic E-state index is -3.78. The van der Waals surface area contributed by atoms with Gasteiger partial charge in [-0.1, -0.05) is 43.1 Å². The van der Waals surface area contributed by atoms with Crippen molar-refractivity contribution >= 4 is 44.8 Å².